The highest BCUT2D eigenvalue weighted by atomic mass is 16.2. The maximum atomic E-state index is 11.9. The lowest BCUT2D eigenvalue weighted by molar-refractivity contribution is -0.128. The molecule has 86 valence electrons. The minimum Gasteiger partial charge on any atom is -0.355 e. The molecule has 0 radical (unpaired) electrons. The Hall–Kier alpha value is -0.570. The van der Waals surface area contributed by atoms with Gasteiger partial charge in [0, 0.05) is 9.40 Å². The third-order valence-corrected chi connectivity index (χ3v) is 2.99. The summed E-state index contributed by atoms with van der Waals surface area (Å²) >= 11 is 0. The minimum atomic E-state index is -0.261. The molecule has 0 bridgehead atoms. The first kappa shape index (κ1) is 11.5. The maximum absolute atomic E-state index is 11.9. The van der Waals surface area contributed by atoms with E-state index in [1.54, 1.807) is 0 Å². The third-order valence-electron chi connectivity index (χ3n) is 2.99. The Morgan fingerprint density at radius 1 is 1.21 bits per heavy atom. The molecule has 0 unspecified atom stereocenters. The standard InChI is InChI=1S/C11H22N2O.2H2/c1-3-12-10(14)11(13-4-2)8-6-5-7-9-11;;/h13H,3-9H2,1-2H3,(H,12,14);2*1H. The molecule has 0 heterocycles. The van der Waals surface area contributed by atoms with Gasteiger partial charge in [-0.2, -0.15) is 0 Å². The quantitative estimate of drug-likeness (QED) is 0.731. The zero-order valence-corrected chi connectivity index (χ0v) is 9.36. The van der Waals surface area contributed by atoms with Gasteiger partial charge in [0.05, 0.1) is 5.54 Å². The number of carbonyl (C=O) groups is 1. The summed E-state index contributed by atoms with van der Waals surface area (Å²) in [7, 11) is 0. The van der Waals surface area contributed by atoms with E-state index in [1.165, 1.54) is 19.3 Å². The number of nitrogens with one attached hydrogen (secondary N) is 2. The Balaban J connectivity index is 0. The summed E-state index contributed by atoms with van der Waals surface area (Å²) in [5.41, 5.74) is -0.261. The fraction of sp³-hybridized carbons (Fsp3) is 0.909. The van der Waals surface area contributed by atoms with Gasteiger partial charge in [0.15, 0.2) is 0 Å². The normalized spacial score (nSPS) is 20.4. The van der Waals surface area contributed by atoms with Crippen molar-refractivity contribution in [2.75, 3.05) is 13.1 Å². The van der Waals surface area contributed by atoms with Crippen LogP contribution in [0, 0.1) is 0 Å². The van der Waals surface area contributed by atoms with Gasteiger partial charge in [-0.15, -0.1) is 0 Å². The second-order valence-electron chi connectivity index (χ2n) is 4.03. The number of rotatable bonds is 4. The summed E-state index contributed by atoms with van der Waals surface area (Å²) in [4.78, 5) is 11.9. The molecule has 0 aromatic carbocycles. The molecule has 1 fully saturated rings. The molecule has 3 heteroatoms. The summed E-state index contributed by atoms with van der Waals surface area (Å²) in [5.74, 6) is 0.196. The average molecular weight is 202 g/mol. The van der Waals surface area contributed by atoms with E-state index in [9.17, 15) is 4.79 Å². The van der Waals surface area contributed by atoms with Gasteiger partial charge in [-0.1, -0.05) is 26.2 Å². The van der Waals surface area contributed by atoms with E-state index in [4.69, 9.17) is 0 Å². The van der Waals surface area contributed by atoms with Gasteiger partial charge in [0.2, 0.25) is 5.91 Å². The van der Waals surface area contributed by atoms with Gasteiger partial charge in [-0.05, 0) is 26.3 Å². The summed E-state index contributed by atoms with van der Waals surface area (Å²) in [5, 5.41) is 6.31. The van der Waals surface area contributed by atoms with Crippen LogP contribution >= 0.6 is 0 Å². The van der Waals surface area contributed by atoms with Crippen LogP contribution in [0.1, 0.15) is 48.8 Å². The van der Waals surface area contributed by atoms with Crippen molar-refractivity contribution in [3.8, 4) is 0 Å². The Labute approximate surface area is 89.6 Å². The number of likely N-dealkylation sites (N-methyl/N-ethyl adjacent to an activating group) is 2. The predicted octanol–water partition coefficient (Wildman–Crippen LogP) is 1.93. The molecule has 1 aliphatic rings. The molecular weight excluding hydrogens is 176 g/mol. The zero-order chi connectivity index (χ0) is 10.4. The van der Waals surface area contributed by atoms with E-state index >= 15 is 0 Å². The molecule has 3 nitrogen and oxygen atoms in total. The molecule has 0 aromatic rings. The van der Waals surface area contributed by atoms with Crippen LogP contribution < -0.4 is 10.6 Å². The molecule has 1 saturated carbocycles. The van der Waals surface area contributed by atoms with E-state index in [1.807, 2.05) is 6.92 Å². The molecule has 14 heavy (non-hydrogen) atoms. The van der Waals surface area contributed by atoms with Gasteiger partial charge >= 0.3 is 0 Å². The van der Waals surface area contributed by atoms with Crippen LogP contribution in [0.4, 0.5) is 0 Å². The van der Waals surface area contributed by atoms with E-state index in [-0.39, 0.29) is 14.3 Å². The van der Waals surface area contributed by atoms with Gasteiger partial charge in [-0.3, -0.25) is 4.79 Å². The third kappa shape index (κ3) is 2.47. The molecule has 1 rings (SSSR count). The summed E-state index contributed by atoms with van der Waals surface area (Å²) < 4.78 is 0. The van der Waals surface area contributed by atoms with Crippen molar-refractivity contribution >= 4 is 5.91 Å². The molecule has 1 amide bonds. The smallest absolute Gasteiger partial charge is 0.240 e. The summed E-state index contributed by atoms with van der Waals surface area (Å²) in [6, 6.07) is 0. The molecule has 0 aliphatic heterocycles. The lowest BCUT2D eigenvalue weighted by Crippen LogP contribution is -2.57. The molecule has 0 spiro atoms. The highest BCUT2D eigenvalue weighted by Crippen LogP contribution is 2.28. The van der Waals surface area contributed by atoms with Crippen molar-refractivity contribution in [1.29, 1.82) is 0 Å². The van der Waals surface area contributed by atoms with Gasteiger partial charge in [-0.25, -0.2) is 0 Å². The van der Waals surface area contributed by atoms with Crippen LogP contribution in [0.15, 0.2) is 0 Å². The first-order chi connectivity index (χ1) is 6.75. The van der Waals surface area contributed by atoms with Crippen molar-refractivity contribution < 1.29 is 7.65 Å². The second-order valence-corrected chi connectivity index (χ2v) is 4.03. The van der Waals surface area contributed by atoms with E-state index in [2.05, 4.69) is 17.6 Å². The number of amides is 1. The minimum absolute atomic E-state index is 0. The molecule has 2 N–H and O–H groups in total. The van der Waals surface area contributed by atoms with Crippen LogP contribution in [0.3, 0.4) is 0 Å². The predicted molar refractivity (Wildman–Crippen MR) is 62.4 cm³/mol. The van der Waals surface area contributed by atoms with E-state index in [0.29, 0.717) is 0 Å². The van der Waals surface area contributed by atoms with Crippen LogP contribution in [-0.4, -0.2) is 24.5 Å². The largest absolute Gasteiger partial charge is 0.355 e. The molecule has 0 aromatic heterocycles. The van der Waals surface area contributed by atoms with E-state index < -0.39 is 0 Å². The van der Waals surface area contributed by atoms with Crippen LogP contribution in [0.2, 0.25) is 0 Å². The molecule has 0 saturated heterocycles. The lowest BCUT2D eigenvalue weighted by atomic mass is 9.81. The van der Waals surface area contributed by atoms with Crippen molar-refractivity contribution in [2.45, 2.75) is 51.5 Å². The highest BCUT2D eigenvalue weighted by molar-refractivity contribution is 5.86. The topological polar surface area (TPSA) is 41.1 Å². The summed E-state index contributed by atoms with van der Waals surface area (Å²) in [6.45, 7) is 5.64. The van der Waals surface area contributed by atoms with Crippen molar-refractivity contribution in [1.82, 2.24) is 10.6 Å². The first-order valence-electron chi connectivity index (χ1n) is 5.78. The Morgan fingerprint density at radius 3 is 2.36 bits per heavy atom. The second kappa shape index (κ2) is 5.35. The first-order valence-corrected chi connectivity index (χ1v) is 5.78. The van der Waals surface area contributed by atoms with Crippen LogP contribution in [-0.2, 0) is 4.79 Å². The Morgan fingerprint density at radius 2 is 1.86 bits per heavy atom. The number of carbonyl (C=O) groups excluding carboxylic acids is 1. The van der Waals surface area contributed by atoms with Crippen molar-refractivity contribution in [3.05, 3.63) is 0 Å². The molecule has 0 atom stereocenters. The van der Waals surface area contributed by atoms with Gasteiger partial charge < -0.3 is 10.6 Å². The zero-order valence-electron chi connectivity index (χ0n) is 9.36. The van der Waals surface area contributed by atoms with Gasteiger partial charge in [0.1, 0.15) is 0 Å². The van der Waals surface area contributed by atoms with Crippen molar-refractivity contribution in [3.63, 3.8) is 0 Å². The maximum Gasteiger partial charge on any atom is 0.240 e. The monoisotopic (exact) mass is 202 g/mol. The number of hydrogen-bond donors (Lipinski definition) is 2. The fourth-order valence-corrected chi connectivity index (χ4v) is 2.31. The highest BCUT2D eigenvalue weighted by Gasteiger charge is 2.37. The SMILES string of the molecule is CCNC(=O)C1(NCC)CCCCC1.[HH].[HH]. The average Bonchev–Trinajstić information content (AvgIpc) is 2.20. The fourth-order valence-electron chi connectivity index (χ4n) is 2.31. The van der Waals surface area contributed by atoms with Crippen LogP contribution in [0.25, 0.3) is 0 Å². The Kier molecular flexibility index (Phi) is 4.39. The molecular formula is C11H26N2O. The van der Waals surface area contributed by atoms with Gasteiger partial charge in [0.25, 0.3) is 0 Å². The summed E-state index contributed by atoms with van der Waals surface area (Å²) in [6.07, 6.45) is 5.60. The Bertz CT molecular complexity index is 189. The molecule has 1 aliphatic carbocycles. The lowest BCUT2D eigenvalue weighted by Gasteiger charge is -2.36. The van der Waals surface area contributed by atoms with Crippen molar-refractivity contribution in [2.24, 2.45) is 0 Å². The van der Waals surface area contributed by atoms with Crippen LogP contribution in [0.5, 0.6) is 0 Å². The van der Waals surface area contributed by atoms with E-state index in [0.717, 1.165) is 25.9 Å². The number of hydrogen-bond acceptors (Lipinski definition) is 2.